The van der Waals surface area contributed by atoms with Gasteiger partial charge in [-0.1, -0.05) is 26.5 Å². The molecule has 1 aliphatic rings. The number of aryl methyl sites for hydroxylation is 2. The maximum Gasteiger partial charge on any atom is 0.130 e. The number of hydrogen-bond donors (Lipinski definition) is 0. The number of ether oxygens (including phenoxy) is 1. The molecule has 0 aliphatic carbocycles. The molecule has 0 unspecified atom stereocenters. The monoisotopic (exact) mass is 216 g/mol. The average Bonchev–Trinajstić information content (AvgIpc) is 2.31. The maximum atomic E-state index is 5.65. The van der Waals surface area contributed by atoms with Gasteiger partial charge in [-0.05, 0) is 31.0 Å². The lowest BCUT2D eigenvalue weighted by molar-refractivity contribution is 0.314. The van der Waals surface area contributed by atoms with Gasteiger partial charge < -0.3 is 4.74 Å². The van der Waals surface area contributed by atoms with Crippen LogP contribution in [0.2, 0.25) is 0 Å². The molecule has 0 amide bonds. The molecular formula is C15H20O. The van der Waals surface area contributed by atoms with E-state index in [9.17, 15) is 0 Å². The van der Waals surface area contributed by atoms with Crippen LogP contribution >= 0.6 is 0 Å². The first-order valence-corrected chi connectivity index (χ1v) is 5.85. The highest BCUT2D eigenvalue weighted by Gasteiger charge is 2.16. The smallest absolute Gasteiger partial charge is 0.130 e. The molecule has 0 saturated carbocycles. The van der Waals surface area contributed by atoms with Gasteiger partial charge in [-0.2, -0.15) is 0 Å². The summed E-state index contributed by atoms with van der Waals surface area (Å²) in [6, 6.07) is 4.29. The fraction of sp³-hybridized carbons (Fsp3) is 0.400. The molecule has 0 atom stereocenters. The van der Waals surface area contributed by atoms with Gasteiger partial charge in [-0.25, -0.2) is 0 Å². The Balaban J connectivity index is 0.000000606. The van der Waals surface area contributed by atoms with Crippen molar-refractivity contribution in [3.63, 3.8) is 0 Å². The zero-order valence-corrected chi connectivity index (χ0v) is 10.7. The Morgan fingerprint density at radius 3 is 2.56 bits per heavy atom. The molecule has 0 fully saturated rings. The van der Waals surface area contributed by atoms with Gasteiger partial charge in [0.25, 0.3) is 0 Å². The van der Waals surface area contributed by atoms with Crippen molar-refractivity contribution in [2.45, 2.75) is 34.1 Å². The highest BCUT2D eigenvalue weighted by atomic mass is 16.5. The summed E-state index contributed by atoms with van der Waals surface area (Å²) in [5.74, 6) is 1.01. The van der Waals surface area contributed by atoms with Crippen molar-refractivity contribution in [2.75, 3.05) is 6.61 Å². The summed E-state index contributed by atoms with van der Waals surface area (Å²) in [4.78, 5) is 0. The first-order valence-electron chi connectivity index (χ1n) is 5.85. The van der Waals surface area contributed by atoms with E-state index in [4.69, 9.17) is 4.74 Å². The molecule has 1 aromatic carbocycles. The van der Waals surface area contributed by atoms with Crippen LogP contribution in [0.4, 0.5) is 0 Å². The molecule has 0 spiro atoms. The number of rotatable bonds is 0. The van der Waals surface area contributed by atoms with Crippen LogP contribution in [-0.4, -0.2) is 6.61 Å². The first-order chi connectivity index (χ1) is 7.72. The van der Waals surface area contributed by atoms with Gasteiger partial charge >= 0.3 is 0 Å². The average molecular weight is 216 g/mol. The zero-order valence-electron chi connectivity index (χ0n) is 10.7. The van der Waals surface area contributed by atoms with Gasteiger partial charge in [0.2, 0.25) is 0 Å². The molecule has 1 aliphatic heterocycles. The maximum absolute atomic E-state index is 5.65. The van der Waals surface area contributed by atoms with E-state index >= 15 is 0 Å². The highest BCUT2D eigenvalue weighted by Crippen LogP contribution is 2.35. The quantitative estimate of drug-likeness (QED) is 0.588. The summed E-state index contributed by atoms with van der Waals surface area (Å²) >= 11 is 0. The van der Waals surface area contributed by atoms with E-state index in [0.717, 1.165) is 18.8 Å². The molecule has 86 valence electrons. The Morgan fingerprint density at radius 2 is 1.94 bits per heavy atom. The van der Waals surface area contributed by atoms with E-state index in [1.54, 1.807) is 0 Å². The summed E-state index contributed by atoms with van der Waals surface area (Å²) in [7, 11) is 0. The molecular weight excluding hydrogens is 196 g/mol. The second kappa shape index (κ2) is 5.58. The van der Waals surface area contributed by atoms with Gasteiger partial charge in [-0.15, -0.1) is 5.73 Å². The molecule has 0 aromatic heterocycles. The molecule has 0 N–H and O–H groups in total. The normalized spacial score (nSPS) is 12.9. The predicted molar refractivity (Wildman–Crippen MR) is 69.9 cm³/mol. The number of hydrogen-bond acceptors (Lipinski definition) is 1. The molecule has 2 rings (SSSR count). The molecule has 16 heavy (non-hydrogen) atoms. The summed E-state index contributed by atoms with van der Waals surface area (Å²) in [6.07, 6.45) is 0.916. The summed E-state index contributed by atoms with van der Waals surface area (Å²) in [5, 5.41) is 0. The van der Waals surface area contributed by atoms with Crippen molar-refractivity contribution in [1.82, 2.24) is 0 Å². The summed E-state index contributed by atoms with van der Waals surface area (Å²) in [5.41, 5.74) is 7.81. The first kappa shape index (κ1) is 12.6. The van der Waals surface area contributed by atoms with Crippen LogP contribution in [0.1, 0.15) is 37.0 Å². The third-order valence-corrected chi connectivity index (χ3v) is 2.56. The van der Waals surface area contributed by atoms with Crippen LogP contribution < -0.4 is 4.74 Å². The van der Waals surface area contributed by atoms with Gasteiger partial charge in [0.1, 0.15) is 5.75 Å². The van der Waals surface area contributed by atoms with Crippen molar-refractivity contribution < 1.29 is 4.74 Å². The lowest BCUT2D eigenvalue weighted by atomic mass is 9.96. The molecule has 1 nitrogen and oxygen atoms in total. The van der Waals surface area contributed by atoms with Gasteiger partial charge in [-0.3, -0.25) is 0 Å². The van der Waals surface area contributed by atoms with Crippen LogP contribution in [0.3, 0.4) is 0 Å². The van der Waals surface area contributed by atoms with Crippen molar-refractivity contribution in [2.24, 2.45) is 0 Å². The van der Waals surface area contributed by atoms with Crippen LogP contribution in [0.25, 0.3) is 5.57 Å². The van der Waals surface area contributed by atoms with E-state index in [0.29, 0.717) is 0 Å². The molecule has 0 saturated heterocycles. The minimum Gasteiger partial charge on any atom is -0.492 e. The minimum absolute atomic E-state index is 0.745. The van der Waals surface area contributed by atoms with Crippen LogP contribution in [0, 0.1) is 13.8 Å². The minimum atomic E-state index is 0.745. The van der Waals surface area contributed by atoms with Crippen LogP contribution in [-0.2, 0) is 0 Å². The fourth-order valence-corrected chi connectivity index (χ4v) is 1.94. The van der Waals surface area contributed by atoms with E-state index in [1.807, 2.05) is 13.8 Å². The van der Waals surface area contributed by atoms with E-state index < -0.39 is 0 Å². The molecule has 0 radical (unpaired) electrons. The topological polar surface area (TPSA) is 9.23 Å². The Kier molecular flexibility index (Phi) is 4.39. The van der Waals surface area contributed by atoms with Crippen LogP contribution in [0.15, 0.2) is 24.4 Å². The van der Waals surface area contributed by atoms with Crippen molar-refractivity contribution in [3.8, 4) is 5.75 Å². The second-order valence-corrected chi connectivity index (χ2v) is 3.71. The van der Waals surface area contributed by atoms with E-state index in [1.165, 1.54) is 22.3 Å². The summed E-state index contributed by atoms with van der Waals surface area (Å²) in [6.45, 7) is 12.7. The lowest BCUT2D eigenvalue weighted by Crippen LogP contribution is -2.08. The van der Waals surface area contributed by atoms with Crippen LogP contribution in [0.5, 0.6) is 5.75 Å². The molecule has 1 aromatic rings. The van der Waals surface area contributed by atoms with Crippen molar-refractivity contribution in [1.29, 1.82) is 0 Å². The molecule has 1 heterocycles. The Labute approximate surface area is 98.5 Å². The predicted octanol–water partition coefficient (Wildman–Crippen LogP) is 4.28. The second-order valence-electron chi connectivity index (χ2n) is 3.71. The number of fused-ring (bicyclic) bond motifs is 1. The van der Waals surface area contributed by atoms with Gasteiger partial charge in [0.15, 0.2) is 0 Å². The molecule has 0 bridgehead atoms. The SMILES string of the molecule is C=C=C1CCOc2c(C)cc(C)cc21.CC. The van der Waals surface area contributed by atoms with E-state index in [2.05, 4.69) is 38.3 Å². The fourth-order valence-electron chi connectivity index (χ4n) is 1.94. The van der Waals surface area contributed by atoms with Gasteiger partial charge in [0.05, 0.1) is 6.61 Å². The Morgan fingerprint density at radius 1 is 1.25 bits per heavy atom. The Hall–Kier alpha value is -1.46. The highest BCUT2D eigenvalue weighted by molar-refractivity contribution is 5.73. The largest absolute Gasteiger partial charge is 0.492 e. The molecule has 1 heteroatoms. The lowest BCUT2D eigenvalue weighted by Gasteiger charge is -2.21. The Bertz CT molecular complexity index is 423. The van der Waals surface area contributed by atoms with Crippen molar-refractivity contribution >= 4 is 5.57 Å². The van der Waals surface area contributed by atoms with Gasteiger partial charge in [0, 0.05) is 17.6 Å². The van der Waals surface area contributed by atoms with Crippen molar-refractivity contribution in [3.05, 3.63) is 41.1 Å². The van der Waals surface area contributed by atoms with E-state index in [-0.39, 0.29) is 0 Å². The standard InChI is InChI=1S/C13H14O.C2H6/c1-4-11-5-6-14-13-10(3)7-9(2)8-12(11)13;1-2/h7-8H,1,5-6H2,2-3H3;1-2H3. The third-order valence-electron chi connectivity index (χ3n) is 2.56. The third kappa shape index (κ3) is 2.37. The summed E-state index contributed by atoms with van der Waals surface area (Å²) < 4.78 is 5.65. The number of benzene rings is 1. The zero-order chi connectivity index (χ0) is 12.1.